The molecule has 5 heteroatoms. The van der Waals surface area contributed by atoms with E-state index in [0.29, 0.717) is 37.4 Å². The fraction of sp³-hybridized carbons (Fsp3) is 0.167. The molecule has 3 aromatic rings. The van der Waals surface area contributed by atoms with Gasteiger partial charge in [0.25, 0.3) is 5.91 Å². The summed E-state index contributed by atoms with van der Waals surface area (Å²) in [6.07, 6.45) is 2.58. The first kappa shape index (κ1) is 18.7. The Balaban J connectivity index is 1.35. The van der Waals surface area contributed by atoms with Gasteiger partial charge in [-0.15, -0.1) is 0 Å². The van der Waals surface area contributed by atoms with E-state index in [0.717, 1.165) is 22.0 Å². The maximum absolute atomic E-state index is 12.8. The van der Waals surface area contributed by atoms with Crippen LogP contribution in [-0.4, -0.2) is 25.0 Å². The number of nitrogens with zero attached hydrogens (tertiary/aromatic N) is 1. The minimum atomic E-state index is -0.0896. The van der Waals surface area contributed by atoms with Crippen LogP contribution in [0.5, 0.6) is 5.75 Å². The summed E-state index contributed by atoms with van der Waals surface area (Å²) in [5, 5.41) is 4.95. The lowest BCUT2D eigenvalue weighted by Crippen LogP contribution is -2.28. The van der Waals surface area contributed by atoms with Gasteiger partial charge in [-0.2, -0.15) is 0 Å². The van der Waals surface area contributed by atoms with Crippen LogP contribution in [0.2, 0.25) is 0 Å². The SMILES string of the molecule is C=CCOc1cccc(NC(=O)CCCN2C(=O)c3cccc4cccc2c34)c1. The molecule has 0 aliphatic carbocycles. The van der Waals surface area contributed by atoms with Crippen molar-refractivity contribution >= 4 is 34.0 Å². The second-order valence-electron chi connectivity index (χ2n) is 6.92. The highest BCUT2D eigenvalue weighted by atomic mass is 16.5. The molecule has 0 saturated heterocycles. The first-order valence-corrected chi connectivity index (χ1v) is 9.64. The topological polar surface area (TPSA) is 58.6 Å². The highest BCUT2D eigenvalue weighted by Crippen LogP contribution is 2.37. The van der Waals surface area contributed by atoms with Gasteiger partial charge < -0.3 is 15.0 Å². The summed E-state index contributed by atoms with van der Waals surface area (Å²) in [6.45, 7) is 4.54. The standard InChI is InChI=1S/C24H22N2O3/c1-2-15-29-19-10-5-9-18(16-19)25-22(27)13-6-14-26-21-12-4-8-17-7-3-11-20(23(17)21)24(26)28/h2-5,7-12,16H,1,6,13-15H2,(H,25,27). The van der Waals surface area contributed by atoms with E-state index in [1.165, 1.54) is 0 Å². The highest BCUT2D eigenvalue weighted by Gasteiger charge is 2.28. The van der Waals surface area contributed by atoms with Crippen molar-refractivity contribution < 1.29 is 14.3 Å². The van der Waals surface area contributed by atoms with Crippen molar-refractivity contribution in [2.75, 3.05) is 23.4 Å². The number of hydrogen-bond acceptors (Lipinski definition) is 3. The van der Waals surface area contributed by atoms with Gasteiger partial charge in [-0.3, -0.25) is 9.59 Å². The molecule has 0 unspecified atom stereocenters. The molecule has 1 N–H and O–H groups in total. The molecule has 2 amide bonds. The summed E-state index contributed by atoms with van der Waals surface area (Å²) in [4.78, 5) is 26.9. The van der Waals surface area contributed by atoms with Crippen LogP contribution in [0.4, 0.5) is 11.4 Å². The van der Waals surface area contributed by atoms with E-state index in [2.05, 4.69) is 11.9 Å². The van der Waals surface area contributed by atoms with Gasteiger partial charge in [-0.05, 0) is 36.1 Å². The monoisotopic (exact) mass is 386 g/mol. The molecule has 1 heterocycles. The molecule has 0 aromatic heterocycles. The minimum absolute atomic E-state index is 0.00396. The highest BCUT2D eigenvalue weighted by molar-refractivity contribution is 6.25. The maximum atomic E-state index is 12.8. The van der Waals surface area contributed by atoms with E-state index >= 15 is 0 Å². The van der Waals surface area contributed by atoms with Gasteiger partial charge >= 0.3 is 0 Å². The Hall–Kier alpha value is -3.60. The molecule has 146 valence electrons. The largest absolute Gasteiger partial charge is 0.489 e. The predicted molar refractivity (Wildman–Crippen MR) is 116 cm³/mol. The molecular weight excluding hydrogens is 364 g/mol. The molecule has 0 saturated carbocycles. The molecule has 4 rings (SSSR count). The summed E-state index contributed by atoms with van der Waals surface area (Å²) >= 11 is 0. The van der Waals surface area contributed by atoms with E-state index in [4.69, 9.17) is 4.74 Å². The number of hydrogen-bond donors (Lipinski definition) is 1. The van der Waals surface area contributed by atoms with Crippen molar-refractivity contribution in [3.8, 4) is 5.75 Å². The second-order valence-corrected chi connectivity index (χ2v) is 6.92. The minimum Gasteiger partial charge on any atom is -0.489 e. The Bertz CT molecular complexity index is 1090. The summed E-state index contributed by atoms with van der Waals surface area (Å²) < 4.78 is 5.48. The smallest absolute Gasteiger partial charge is 0.258 e. The Labute approximate surface area is 169 Å². The average Bonchev–Trinajstić information content (AvgIpc) is 3.01. The summed E-state index contributed by atoms with van der Waals surface area (Å²) in [6, 6.07) is 19.0. The Morgan fingerprint density at radius 2 is 1.90 bits per heavy atom. The zero-order valence-corrected chi connectivity index (χ0v) is 16.1. The van der Waals surface area contributed by atoms with Crippen LogP contribution in [0.15, 0.2) is 73.3 Å². The first-order chi connectivity index (χ1) is 14.2. The number of benzene rings is 3. The molecule has 3 aromatic carbocycles. The molecule has 5 nitrogen and oxygen atoms in total. The first-order valence-electron chi connectivity index (χ1n) is 9.64. The van der Waals surface area contributed by atoms with Crippen LogP contribution in [0.3, 0.4) is 0 Å². The third-order valence-electron chi connectivity index (χ3n) is 4.92. The molecule has 0 radical (unpaired) electrons. The normalized spacial score (nSPS) is 12.3. The van der Waals surface area contributed by atoms with Gasteiger partial charge in [0, 0.05) is 35.7 Å². The Morgan fingerprint density at radius 1 is 1.10 bits per heavy atom. The lowest BCUT2D eigenvalue weighted by molar-refractivity contribution is -0.116. The molecule has 1 aliphatic heterocycles. The van der Waals surface area contributed by atoms with Crippen molar-refractivity contribution in [1.82, 2.24) is 0 Å². The van der Waals surface area contributed by atoms with Crippen LogP contribution in [0.25, 0.3) is 10.8 Å². The number of rotatable bonds is 8. The van der Waals surface area contributed by atoms with Crippen LogP contribution in [0.1, 0.15) is 23.2 Å². The van der Waals surface area contributed by atoms with Crippen molar-refractivity contribution in [2.24, 2.45) is 0 Å². The second kappa shape index (κ2) is 8.19. The zero-order chi connectivity index (χ0) is 20.2. The average molecular weight is 386 g/mol. The quantitative estimate of drug-likeness (QED) is 0.567. The maximum Gasteiger partial charge on any atom is 0.258 e. The van der Waals surface area contributed by atoms with Crippen molar-refractivity contribution in [3.05, 3.63) is 78.9 Å². The fourth-order valence-electron chi connectivity index (χ4n) is 3.64. The van der Waals surface area contributed by atoms with Crippen LogP contribution in [0, 0.1) is 0 Å². The molecule has 0 bridgehead atoms. The lowest BCUT2D eigenvalue weighted by atomic mass is 10.1. The lowest BCUT2D eigenvalue weighted by Gasteiger charge is -2.17. The predicted octanol–water partition coefficient (Wildman–Crippen LogP) is 4.78. The Morgan fingerprint density at radius 3 is 2.72 bits per heavy atom. The van der Waals surface area contributed by atoms with Crippen LogP contribution < -0.4 is 15.0 Å². The van der Waals surface area contributed by atoms with E-state index in [-0.39, 0.29) is 11.8 Å². The molecule has 0 atom stereocenters. The molecule has 29 heavy (non-hydrogen) atoms. The number of nitrogens with one attached hydrogen (secondary N) is 1. The van der Waals surface area contributed by atoms with E-state index in [1.807, 2.05) is 54.6 Å². The van der Waals surface area contributed by atoms with Crippen molar-refractivity contribution in [1.29, 1.82) is 0 Å². The van der Waals surface area contributed by atoms with E-state index in [1.54, 1.807) is 17.0 Å². The van der Waals surface area contributed by atoms with Gasteiger partial charge in [0.2, 0.25) is 5.91 Å². The number of anilines is 2. The molecular formula is C24H22N2O3. The summed E-state index contributed by atoms with van der Waals surface area (Å²) in [5.41, 5.74) is 2.35. The Kier molecular flexibility index (Phi) is 5.29. The molecule has 1 aliphatic rings. The number of amides is 2. The molecule has 0 spiro atoms. The summed E-state index contributed by atoms with van der Waals surface area (Å²) in [7, 11) is 0. The van der Waals surface area contributed by atoms with Crippen LogP contribution in [-0.2, 0) is 4.79 Å². The van der Waals surface area contributed by atoms with E-state index in [9.17, 15) is 9.59 Å². The third kappa shape index (κ3) is 3.85. The molecule has 0 fully saturated rings. The van der Waals surface area contributed by atoms with Crippen molar-refractivity contribution in [2.45, 2.75) is 12.8 Å². The number of carbonyl (C=O) groups excluding carboxylic acids is 2. The number of carbonyl (C=O) groups is 2. The van der Waals surface area contributed by atoms with Crippen molar-refractivity contribution in [3.63, 3.8) is 0 Å². The fourth-order valence-corrected chi connectivity index (χ4v) is 3.64. The van der Waals surface area contributed by atoms with Gasteiger partial charge in [-0.1, -0.05) is 43.0 Å². The van der Waals surface area contributed by atoms with Gasteiger partial charge in [0.15, 0.2) is 0 Å². The van der Waals surface area contributed by atoms with Crippen LogP contribution >= 0.6 is 0 Å². The van der Waals surface area contributed by atoms with Gasteiger partial charge in [-0.25, -0.2) is 0 Å². The van der Waals surface area contributed by atoms with E-state index < -0.39 is 0 Å². The van der Waals surface area contributed by atoms with Gasteiger partial charge in [0.1, 0.15) is 12.4 Å². The summed E-state index contributed by atoms with van der Waals surface area (Å²) in [5.74, 6) is 0.591. The third-order valence-corrected chi connectivity index (χ3v) is 4.92. The number of ether oxygens (including phenoxy) is 1. The zero-order valence-electron chi connectivity index (χ0n) is 16.1. The van der Waals surface area contributed by atoms with Gasteiger partial charge in [0.05, 0.1) is 5.69 Å².